The lowest BCUT2D eigenvalue weighted by Crippen LogP contribution is -2.21. The summed E-state index contributed by atoms with van der Waals surface area (Å²) in [6, 6.07) is 6.16. The van der Waals surface area contributed by atoms with Gasteiger partial charge in [0, 0.05) is 0 Å². The number of carbonyl (C=O) groups is 1. The Labute approximate surface area is 135 Å². The maximum absolute atomic E-state index is 12.3. The SMILES string of the molecule is O=C1CC(c2ccc(O)cc2)Oc2c(Cl)c(O)c(Cl)c(O)c21. The smallest absolute Gasteiger partial charge is 0.174 e. The number of aromatic hydroxyl groups is 3. The average molecular weight is 341 g/mol. The quantitative estimate of drug-likeness (QED) is 0.734. The van der Waals surface area contributed by atoms with Crippen molar-refractivity contribution in [1.82, 2.24) is 0 Å². The number of phenolic OH excluding ortho intramolecular Hbond substituents is 3. The lowest BCUT2D eigenvalue weighted by Gasteiger charge is -2.27. The third kappa shape index (κ3) is 2.23. The van der Waals surface area contributed by atoms with E-state index in [1.165, 1.54) is 12.1 Å². The Morgan fingerprint density at radius 1 is 1.00 bits per heavy atom. The second kappa shape index (κ2) is 5.26. The van der Waals surface area contributed by atoms with Crippen LogP contribution in [0.4, 0.5) is 0 Å². The minimum Gasteiger partial charge on any atom is -0.508 e. The predicted molar refractivity (Wildman–Crippen MR) is 80.2 cm³/mol. The number of ether oxygens (including phenoxy) is 1. The molecule has 3 N–H and O–H groups in total. The minimum absolute atomic E-state index is 0.0250. The van der Waals surface area contributed by atoms with Crippen LogP contribution in [-0.2, 0) is 0 Å². The molecule has 5 nitrogen and oxygen atoms in total. The Balaban J connectivity index is 2.09. The van der Waals surface area contributed by atoms with Gasteiger partial charge in [-0.3, -0.25) is 4.79 Å². The maximum Gasteiger partial charge on any atom is 0.174 e. The van der Waals surface area contributed by atoms with Crippen molar-refractivity contribution in [3.63, 3.8) is 0 Å². The Hall–Kier alpha value is -2.11. The first-order chi connectivity index (χ1) is 10.4. The van der Waals surface area contributed by atoms with E-state index in [1.54, 1.807) is 12.1 Å². The highest BCUT2D eigenvalue weighted by Crippen LogP contribution is 2.52. The molecule has 7 heteroatoms. The monoisotopic (exact) mass is 340 g/mol. The summed E-state index contributed by atoms with van der Waals surface area (Å²) in [5.41, 5.74) is 0.518. The van der Waals surface area contributed by atoms with Crippen LogP contribution in [-0.4, -0.2) is 21.1 Å². The molecule has 1 aliphatic heterocycles. The fourth-order valence-corrected chi connectivity index (χ4v) is 2.81. The Bertz CT molecular complexity index is 771. The summed E-state index contributed by atoms with van der Waals surface area (Å²) in [5, 5.41) is 28.4. The van der Waals surface area contributed by atoms with Crippen LogP contribution >= 0.6 is 23.2 Å². The molecule has 0 bridgehead atoms. The molecule has 0 radical (unpaired) electrons. The van der Waals surface area contributed by atoms with E-state index in [9.17, 15) is 20.1 Å². The summed E-state index contributed by atoms with van der Waals surface area (Å²) in [4.78, 5) is 12.3. The van der Waals surface area contributed by atoms with Crippen molar-refractivity contribution in [3.8, 4) is 23.0 Å². The van der Waals surface area contributed by atoms with Gasteiger partial charge in [0.2, 0.25) is 0 Å². The van der Waals surface area contributed by atoms with Gasteiger partial charge in [-0.1, -0.05) is 35.3 Å². The maximum atomic E-state index is 12.3. The molecular formula is C15H10Cl2O5. The number of fused-ring (bicyclic) bond motifs is 1. The molecule has 0 fully saturated rings. The molecule has 0 spiro atoms. The summed E-state index contributed by atoms with van der Waals surface area (Å²) in [7, 11) is 0. The first-order valence-electron chi connectivity index (χ1n) is 6.31. The van der Waals surface area contributed by atoms with Gasteiger partial charge in [0.25, 0.3) is 0 Å². The molecule has 0 saturated carbocycles. The first-order valence-corrected chi connectivity index (χ1v) is 7.07. The highest BCUT2D eigenvalue weighted by molar-refractivity contribution is 6.40. The van der Waals surface area contributed by atoms with E-state index in [0.717, 1.165) is 0 Å². The van der Waals surface area contributed by atoms with Crippen molar-refractivity contribution in [2.75, 3.05) is 0 Å². The number of halogens is 2. The second-order valence-electron chi connectivity index (χ2n) is 4.85. The molecule has 114 valence electrons. The van der Waals surface area contributed by atoms with Crippen molar-refractivity contribution >= 4 is 29.0 Å². The zero-order valence-electron chi connectivity index (χ0n) is 11.0. The highest BCUT2D eigenvalue weighted by Gasteiger charge is 2.35. The van der Waals surface area contributed by atoms with Gasteiger partial charge in [-0.15, -0.1) is 0 Å². The van der Waals surface area contributed by atoms with E-state index in [-0.39, 0.29) is 33.5 Å². The van der Waals surface area contributed by atoms with Crippen LogP contribution in [0.15, 0.2) is 24.3 Å². The van der Waals surface area contributed by atoms with Gasteiger partial charge in [-0.25, -0.2) is 0 Å². The van der Waals surface area contributed by atoms with Gasteiger partial charge in [0.1, 0.15) is 27.5 Å². The number of hydrogen-bond acceptors (Lipinski definition) is 5. The normalized spacial score (nSPS) is 17.0. The van der Waals surface area contributed by atoms with Crippen molar-refractivity contribution in [3.05, 3.63) is 45.4 Å². The summed E-state index contributed by atoms with van der Waals surface area (Å²) in [6.07, 6.45) is -0.666. The molecule has 2 aromatic carbocycles. The molecule has 0 amide bonds. The summed E-state index contributed by atoms with van der Waals surface area (Å²) >= 11 is 11.7. The van der Waals surface area contributed by atoms with E-state index in [4.69, 9.17) is 27.9 Å². The minimum atomic E-state index is -0.641. The van der Waals surface area contributed by atoms with Crippen molar-refractivity contribution in [2.24, 2.45) is 0 Å². The zero-order chi connectivity index (χ0) is 16.0. The summed E-state index contributed by atoms with van der Waals surface area (Å²) < 4.78 is 5.66. The number of Topliss-reactive ketones (excluding diaryl/α,β-unsaturated/α-hetero) is 1. The zero-order valence-corrected chi connectivity index (χ0v) is 12.5. The van der Waals surface area contributed by atoms with Crippen LogP contribution in [0, 0.1) is 0 Å². The molecule has 1 unspecified atom stereocenters. The fraction of sp³-hybridized carbons (Fsp3) is 0.133. The van der Waals surface area contributed by atoms with Crippen LogP contribution in [0.5, 0.6) is 23.0 Å². The molecule has 3 rings (SSSR count). The first kappa shape index (κ1) is 14.8. The molecule has 1 heterocycles. The van der Waals surface area contributed by atoms with Gasteiger partial charge in [0.15, 0.2) is 23.0 Å². The van der Waals surface area contributed by atoms with Crippen molar-refractivity contribution in [1.29, 1.82) is 0 Å². The van der Waals surface area contributed by atoms with Crippen molar-refractivity contribution in [2.45, 2.75) is 12.5 Å². The van der Waals surface area contributed by atoms with Gasteiger partial charge in [0.05, 0.1) is 6.42 Å². The molecule has 0 saturated heterocycles. The number of benzene rings is 2. The second-order valence-corrected chi connectivity index (χ2v) is 5.61. The van der Waals surface area contributed by atoms with Crippen LogP contribution in [0.25, 0.3) is 0 Å². The third-order valence-electron chi connectivity index (χ3n) is 3.46. The summed E-state index contributed by atoms with van der Waals surface area (Å²) in [6.45, 7) is 0. The van der Waals surface area contributed by atoms with Gasteiger partial charge < -0.3 is 20.1 Å². The number of rotatable bonds is 1. The number of hydrogen-bond donors (Lipinski definition) is 3. The molecule has 2 aromatic rings. The largest absolute Gasteiger partial charge is 0.508 e. The van der Waals surface area contributed by atoms with Crippen LogP contribution in [0.3, 0.4) is 0 Å². The Morgan fingerprint density at radius 3 is 2.27 bits per heavy atom. The molecule has 1 atom stereocenters. The molecule has 0 aromatic heterocycles. The van der Waals surface area contributed by atoms with E-state index in [0.29, 0.717) is 5.56 Å². The lowest BCUT2D eigenvalue weighted by atomic mass is 9.95. The fourth-order valence-electron chi connectivity index (χ4n) is 2.34. The molecule has 22 heavy (non-hydrogen) atoms. The molecule has 0 aliphatic carbocycles. The van der Waals surface area contributed by atoms with Crippen molar-refractivity contribution < 1.29 is 24.9 Å². The van der Waals surface area contributed by atoms with Gasteiger partial charge >= 0.3 is 0 Å². The predicted octanol–water partition coefficient (Wildman–Crippen LogP) is 3.82. The third-order valence-corrected chi connectivity index (χ3v) is 4.17. The van der Waals surface area contributed by atoms with Gasteiger partial charge in [-0.2, -0.15) is 0 Å². The summed E-state index contributed by atoms with van der Waals surface area (Å²) in [5.74, 6) is -1.51. The van der Waals surface area contributed by atoms with Crippen LogP contribution in [0.2, 0.25) is 10.0 Å². The highest BCUT2D eigenvalue weighted by atomic mass is 35.5. The number of ketones is 1. The Kier molecular flexibility index (Phi) is 3.54. The lowest BCUT2D eigenvalue weighted by molar-refractivity contribution is 0.0845. The molecule has 1 aliphatic rings. The van der Waals surface area contributed by atoms with Crippen LogP contribution < -0.4 is 4.74 Å². The van der Waals surface area contributed by atoms with E-state index in [2.05, 4.69) is 0 Å². The average Bonchev–Trinajstić information content (AvgIpc) is 2.50. The van der Waals surface area contributed by atoms with E-state index < -0.39 is 23.4 Å². The van der Waals surface area contributed by atoms with E-state index in [1.807, 2.05) is 0 Å². The van der Waals surface area contributed by atoms with E-state index >= 15 is 0 Å². The van der Waals surface area contributed by atoms with Crippen LogP contribution in [0.1, 0.15) is 28.4 Å². The standard InChI is InChI=1S/C15H10Cl2O5/c16-11-13(20)10-8(19)5-9(6-1-3-7(18)4-2-6)22-15(10)12(17)14(11)21/h1-4,9,18,20-21H,5H2. The Morgan fingerprint density at radius 2 is 1.64 bits per heavy atom. The topological polar surface area (TPSA) is 87.0 Å². The van der Waals surface area contributed by atoms with Gasteiger partial charge in [-0.05, 0) is 17.7 Å². The number of carbonyl (C=O) groups excluding carboxylic acids is 1. The molecular weight excluding hydrogens is 331 g/mol. The number of phenols is 3.